The van der Waals surface area contributed by atoms with Crippen LogP contribution in [0.2, 0.25) is 0 Å². The Kier molecular flexibility index (Phi) is 4.79. The van der Waals surface area contributed by atoms with Crippen molar-refractivity contribution in [2.45, 2.75) is 0 Å². The normalized spacial score (nSPS) is 10.2. The highest BCUT2D eigenvalue weighted by Gasteiger charge is 2.06. The summed E-state index contributed by atoms with van der Waals surface area (Å²) in [5.41, 5.74) is 1.67. The topological polar surface area (TPSA) is 89.0 Å². The largest absolute Gasteiger partial charge is 0.465 e. The third-order valence-electron chi connectivity index (χ3n) is 3.22. The van der Waals surface area contributed by atoms with Gasteiger partial charge in [0, 0.05) is 11.4 Å². The summed E-state index contributed by atoms with van der Waals surface area (Å²) in [4.78, 5) is 15.7. The Morgan fingerprint density at radius 1 is 1.08 bits per heavy atom. The number of aromatic nitrogens is 3. The minimum atomic E-state index is -0.406. The number of ether oxygens (including phenoxy) is 1. The van der Waals surface area contributed by atoms with Gasteiger partial charge in [-0.3, -0.25) is 0 Å². The minimum Gasteiger partial charge on any atom is -0.465 e. The first-order valence-corrected chi connectivity index (χ1v) is 7.32. The molecule has 3 rings (SSSR count). The molecule has 1 aromatic heterocycles. The van der Waals surface area contributed by atoms with Crippen LogP contribution in [-0.2, 0) is 4.74 Å². The van der Waals surface area contributed by atoms with Crippen molar-refractivity contribution in [2.24, 2.45) is 0 Å². The van der Waals surface area contributed by atoms with E-state index in [-0.39, 0.29) is 11.8 Å². The summed E-state index contributed by atoms with van der Waals surface area (Å²) in [6.45, 7) is 0. The molecule has 0 fully saturated rings. The van der Waals surface area contributed by atoms with Crippen LogP contribution in [0.5, 0.6) is 0 Å². The molecule has 0 spiro atoms. The summed E-state index contributed by atoms with van der Waals surface area (Å²) in [7, 11) is 1.33. The van der Waals surface area contributed by atoms with E-state index < -0.39 is 5.97 Å². The van der Waals surface area contributed by atoms with Gasteiger partial charge in [0.2, 0.25) is 5.95 Å². The maximum Gasteiger partial charge on any atom is 0.337 e. The third kappa shape index (κ3) is 4.25. The van der Waals surface area contributed by atoms with Gasteiger partial charge in [-0.15, -0.1) is 5.10 Å². The van der Waals surface area contributed by atoms with Gasteiger partial charge in [0.05, 0.1) is 18.9 Å². The number of esters is 1. The van der Waals surface area contributed by atoms with Crippen LogP contribution in [-0.4, -0.2) is 28.3 Å². The molecule has 8 heteroatoms. The summed E-state index contributed by atoms with van der Waals surface area (Å²) in [5, 5.41) is 13.6. The maximum atomic E-state index is 13.2. The molecule has 0 bridgehead atoms. The smallest absolute Gasteiger partial charge is 0.337 e. The SMILES string of the molecule is COC(=O)c1ccc(Nc2cnnc(Nc3cccc(F)c3)n2)cc1. The van der Waals surface area contributed by atoms with Gasteiger partial charge in [-0.05, 0) is 42.5 Å². The lowest BCUT2D eigenvalue weighted by Crippen LogP contribution is -2.03. The standard InChI is InChI=1S/C17H14FN5O2/c1-25-16(24)11-5-7-13(8-6-11)20-15-10-19-23-17(22-15)21-14-4-2-3-12(18)9-14/h2-10H,1H3,(H2,20,21,22,23). The maximum absolute atomic E-state index is 13.2. The van der Waals surface area contributed by atoms with Crippen molar-refractivity contribution in [2.75, 3.05) is 17.7 Å². The van der Waals surface area contributed by atoms with Crippen LogP contribution in [0.4, 0.5) is 27.5 Å². The fourth-order valence-electron chi connectivity index (χ4n) is 2.07. The van der Waals surface area contributed by atoms with Gasteiger partial charge < -0.3 is 15.4 Å². The van der Waals surface area contributed by atoms with Gasteiger partial charge in [-0.1, -0.05) is 6.07 Å². The van der Waals surface area contributed by atoms with Gasteiger partial charge in [0.15, 0.2) is 5.82 Å². The molecule has 1 heterocycles. The van der Waals surface area contributed by atoms with Crippen LogP contribution < -0.4 is 10.6 Å². The van der Waals surface area contributed by atoms with Crippen molar-refractivity contribution in [1.29, 1.82) is 0 Å². The molecule has 0 amide bonds. The van der Waals surface area contributed by atoms with Crippen molar-refractivity contribution < 1.29 is 13.9 Å². The number of rotatable bonds is 5. The Hall–Kier alpha value is -3.55. The molecule has 0 unspecified atom stereocenters. The van der Waals surface area contributed by atoms with Crippen molar-refractivity contribution in [1.82, 2.24) is 15.2 Å². The number of halogens is 1. The van der Waals surface area contributed by atoms with Gasteiger partial charge in [0.25, 0.3) is 0 Å². The molecule has 0 aliphatic carbocycles. The van der Waals surface area contributed by atoms with Crippen molar-refractivity contribution in [3.63, 3.8) is 0 Å². The minimum absolute atomic E-state index is 0.224. The van der Waals surface area contributed by atoms with Crippen LogP contribution in [0, 0.1) is 5.82 Å². The van der Waals surface area contributed by atoms with Gasteiger partial charge >= 0.3 is 5.97 Å². The molecular formula is C17H14FN5O2. The second kappa shape index (κ2) is 7.35. The second-order valence-corrected chi connectivity index (χ2v) is 4.99. The molecule has 25 heavy (non-hydrogen) atoms. The molecule has 126 valence electrons. The number of anilines is 4. The van der Waals surface area contributed by atoms with E-state index in [0.29, 0.717) is 22.8 Å². The van der Waals surface area contributed by atoms with Gasteiger partial charge in [0.1, 0.15) is 5.82 Å². The zero-order chi connectivity index (χ0) is 17.6. The lowest BCUT2D eigenvalue weighted by atomic mass is 10.2. The summed E-state index contributed by atoms with van der Waals surface area (Å²) < 4.78 is 17.9. The number of benzene rings is 2. The molecule has 3 aromatic rings. The molecule has 0 radical (unpaired) electrons. The van der Waals surface area contributed by atoms with Crippen LogP contribution >= 0.6 is 0 Å². The Labute approximate surface area is 142 Å². The third-order valence-corrected chi connectivity index (χ3v) is 3.22. The number of carbonyl (C=O) groups excluding carboxylic acids is 1. The Morgan fingerprint density at radius 3 is 2.60 bits per heavy atom. The van der Waals surface area contributed by atoms with Crippen molar-refractivity contribution >= 4 is 29.1 Å². The molecule has 0 atom stereocenters. The quantitative estimate of drug-likeness (QED) is 0.690. The fourth-order valence-corrected chi connectivity index (χ4v) is 2.07. The number of carbonyl (C=O) groups is 1. The van der Waals surface area contributed by atoms with E-state index in [9.17, 15) is 9.18 Å². The zero-order valence-electron chi connectivity index (χ0n) is 13.2. The van der Waals surface area contributed by atoms with Crippen LogP contribution in [0.3, 0.4) is 0 Å². The first kappa shape index (κ1) is 16.3. The molecule has 0 saturated heterocycles. The zero-order valence-corrected chi connectivity index (χ0v) is 13.2. The number of nitrogens with zero attached hydrogens (tertiary/aromatic N) is 3. The first-order chi connectivity index (χ1) is 12.1. The summed E-state index contributed by atoms with van der Waals surface area (Å²) in [6, 6.07) is 12.6. The van der Waals surface area contributed by atoms with Gasteiger partial charge in [-0.25, -0.2) is 9.18 Å². The molecule has 0 saturated carbocycles. The number of hydrogen-bond acceptors (Lipinski definition) is 7. The van der Waals surface area contributed by atoms with E-state index in [0.717, 1.165) is 0 Å². The molecule has 0 aliphatic heterocycles. The predicted molar refractivity (Wildman–Crippen MR) is 90.6 cm³/mol. The lowest BCUT2D eigenvalue weighted by molar-refractivity contribution is 0.0601. The molecule has 2 aromatic carbocycles. The summed E-state index contributed by atoms with van der Waals surface area (Å²) in [6.07, 6.45) is 1.45. The number of nitrogens with one attached hydrogen (secondary N) is 2. The molecule has 7 nitrogen and oxygen atoms in total. The first-order valence-electron chi connectivity index (χ1n) is 7.32. The van der Waals surface area contributed by atoms with E-state index in [4.69, 9.17) is 0 Å². The van der Waals surface area contributed by atoms with Crippen molar-refractivity contribution in [3.05, 3.63) is 66.1 Å². The highest BCUT2D eigenvalue weighted by atomic mass is 19.1. The van der Waals surface area contributed by atoms with Crippen LogP contribution in [0.15, 0.2) is 54.7 Å². The van der Waals surface area contributed by atoms with Gasteiger partial charge in [-0.2, -0.15) is 10.1 Å². The molecule has 0 aliphatic rings. The average Bonchev–Trinajstić information content (AvgIpc) is 2.62. The molecular weight excluding hydrogens is 325 g/mol. The lowest BCUT2D eigenvalue weighted by Gasteiger charge is -2.08. The van der Waals surface area contributed by atoms with Crippen molar-refractivity contribution in [3.8, 4) is 0 Å². The fraction of sp³-hybridized carbons (Fsp3) is 0.0588. The van der Waals surface area contributed by atoms with E-state index >= 15 is 0 Å². The van der Waals surface area contributed by atoms with E-state index in [1.807, 2.05) is 0 Å². The molecule has 2 N–H and O–H groups in total. The number of methoxy groups -OCH3 is 1. The van der Waals surface area contributed by atoms with E-state index in [1.165, 1.54) is 25.4 Å². The van der Waals surface area contributed by atoms with E-state index in [1.54, 1.807) is 36.4 Å². The average molecular weight is 339 g/mol. The predicted octanol–water partition coefficient (Wildman–Crippen LogP) is 3.28. The summed E-state index contributed by atoms with van der Waals surface area (Å²) >= 11 is 0. The van der Waals surface area contributed by atoms with Crippen LogP contribution in [0.1, 0.15) is 10.4 Å². The Morgan fingerprint density at radius 2 is 1.88 bits per heavy atom. The summed E-state index contributed by atoms with van der Waals surface area (Å²) in [5.74, 6) is -0.101. The Balaban J connectivity index is 1.72. The highest BCUT2D eigenvalue weighted by molar-refractivity contribution is 5.89. The van der Waals surface area contributed by atoms with E-state index in [2.05, 4.69) is 30.6 Å². The highest BCUT2D eigenvalue weighted by Crippen LogP contribution is 2.18. The monoisotopic (exact) mass is 339 g/mol. The number of hydrogen-bond donors (Lipinski definition) is 2. The van der Waals surface area contributed by atoms with Crippen LogP contribution in [0.25, 0.3) is 0 Å². The second-order valence-electron chi connectivity index (χ2n) is 4.99. The Bertz CT molecular complexity index is 886.